The molecule has 0 nitrogen and oxygen atoms in total. The molecule has 0 N–H and O–H groups in total. The fraction of sp³-hybridized carbons (Fsp3) is 0.250. The highest BCUT2D eigenvalue weighted by molar-refractivity contribution is 6.21. The van der Waals surface area contributed by atoms with Gasteiger partial charge in [-0.15, -0.1) is 11.6 Å². The standard InChI is InChI=1S/C8H6ClF3/c9-7(8(10,11)12)6-4-2-1-3-5-6/h1-5,7H/t7-/m1/s1. The van der Waals surface area contributed by atoms with Gasteiger partial charge in [-0.1, -0.05) is 30.3 Å². The van der Waals surface area contributed by atoms with Gasteiger partial charge in [0.05, 0.1) is 0 Å². The third-order valence-electron chi connectivity index (χ3n) is 1.38. The van der Waals surface area contributed by atoms with Crippen LogP contribution < -0.4 is 0 Å². The van der Waals surface area contributed by atoms with Crippen molar-refractivity contribution in [2.45, 2.75) is 11.6 Å². The summed E-state index contributed by atoms with van der Waals surface area (Å²) < 4.78 is 36.0. The molecule has 0 aliphatic carbocycles. The number of benzene rings is 1. The SMILES string of the molecule is FC(F)(F)[C@H](Cl)c1ccccc1. The molecule has 0 amide bonds. The van der Waals surface area contributed by atoms with Gasteiger partial charge in [0, 0.05) is 0 Å². The lowest BCUT2D eigenvalue weighted by Crippen LogP contribution is -2.15. The monoisotopic (exact) mass is 194 g/mol. The largest absolute Gasteiger partial charge is 0.408 e. The average molecular weight is 195 g/mol. The average Bonchev–Trinajstić information content (AvgIpc) is 2.03. The lowest BCUT2D eigenvalue weighted by Gasteiger charge is -2.12. The first-order valence-corrected chi connectivity index (χ1v) is 3.71. The molecule has 0 aliphatic rings. The number of hydrogen-bond acceptors (Lipinski definition) is 0. The lowest BCUT2D eigenvalue weighted by molar-refractivity contribution is -0.131. The van der Waals surface area contributed by atoms with E-state index < -0.39 is 11.6 Å². The molecule has 1 rings (SSSR count). The van der Waals surface area contributed by atoms with Crippen molar-refractivity contribution < 1.29 is 13.2 Å². The van der Waals surface area contributed by atoms with E-state index >= 15 is 0 Å². The van der Waals surface area contributed by atoms with E-state index in [1.54, 1.807) is 6.07 Å². The zero-order valence-electron chi connectivity index (χ0n) is 5.98. The van der Waals surface area contributed by atoms with Crippen LogP contribution in [0.2, 0.25) is 0 Å². The van der Waals surface area contributed by atoms with E-state index in [1.165, 1.54) is 24.3 Å². The summed E-state index contributed by atoms with van der Waals surface area (Å²) in [5.41, 5.74) is 0.0756. The zero-order chi connectivity index (χ0) is 9.19. The predicted molar refractivity (Wildman–Crippen MR) is 41.1 cm³/mol. The van der Waals surface area contributed by atoms with Gasteiger partial charge in [0.15, 0.2) is 5.38 Å². The summed E-state index contributed by atoms with van der Waals surface area (Å²) in [4.78, 5) is 0. The third-order valence-corrected chi connectivity index (χ3v) is 1.88. The smallest absolute Gasteiger partial charge is 0.169 e. The van der Waals surface area contributed by atoms with Gasteiger partial charge in [0.2, 0.25) is 0 Å². The van der Waals surface area contributed by atoms with Crippen LogP contribution in [0.25, 0.3) is 0 Å². The molecule has 1 atom stereocenters. The maximum absolute atomic E-state index is 12.0. The van der Waals surface area contributed by atoms with Gasteiger partial charge in [0.1, 0.15) is 0 Å². The molecule has 1 aromatic carbocycles. The number of hydrogen-bond donors (Lipinski definition) is 0. The van der Waals surface area contributed by atoms with Crippen LogP contribution in [0.3, 0.4) is 0 Å². The van der Waals surface area contributed by atoms with E-state index in [1.807, 2.05) is 0 Å². The fourth-order valence-electron chi connectivity index (χ4n) is 0.811. The van der Waals surface area contributed by atoms with Crippen LogP contribution >= 0.6 is 11.6 Å². The normalized spacial score (nSPS) is 14.3. The highest BCUT2D eigenvalue weighted by atomic mass is 35.5. The molecule has 0 spiro atoms. The Morgan fingerprint density at radius 3 is 2.00 bits per heavy atom. The van der Waals surface area contributed by atoms with Gasteiger partial charge in [-0.05, 0) is 5.56 Å². The second kappa shape index (κ2) is 3.35. The summed E-state index contributed by atoms with van der Waals surface area (Å²) in [5.74, 6) is 0. The van der Waals surface area contributed by atoms with Crippen LogP contribution in [-0.2, 0) is 0 Å². The van der Waals surface area contributed by atoms with Crippen LogP contribution in [0.5, 0.6) is 0 Å². The summed E-state index contributed by atoms with van der Waals surface area (Å²) in [5, 5.41) is -1.90. The van der Waals surface area contributed by atoms with Crippen molar-refractivity contribution >= 4 is 11.6 Å². The molecule has 0 fully saturated rings. The van der Waals surface area contributed by atoms with E-state index in [9.17, 15) is 13.2 Å². The lowest BCUT2D eigenvalue weighted by atomic mass is 10.1. The van der Waals surface area contributed by atoms with E-state index in [0.29, 0.717) is 0 Å². The van der Waals surface area contributed by atoms with Crippen molar-refractivity contribution in [1.82, 2.24) is 0 Å². The van der Waals surface area contributed by atoms with E-state index in [0.717, 1.165) is 0 Å². The molecule has 0 saturated carbocycles. The van der Waals surface area contributed by atoms with Crippen LogP contribution in [0, 0.1) is 0 Å². The molecular formula is C8H6ClF3. The van der Waals surface area contributed by atoms with Gasteiger partial charge in [-0.3, -0.25) is 0 Å². The molecule has 4 heteroatoms. The van der Waals surface area contributed by atoms with Gasteiger partial charge in [0.25, 0.3) is 0 Å². The van der Waals surface area contributed by atoms with Gasteiger partial charge in [-0.25, -0.2) is 0 Å². The third kappa shape index (κ3) is 2.14. The minimum atomic E-state index is -4.37. The Kier molecular flexibility index (Phi) is 2.62. The first-order chi connectivity index (χ1) is 5.52. The van der Waals surface area contributed by atoms with E-state index in [2.05, 4.69) is 0 Å². The molecule has 0 unspecified atom stereocenters. The Hall–Kier alpha value is -0.700. The molecule has 0 aliphatic heterocycles. The molecular weight excluding hydrogens is 189 g/mol. The number of alkyl halides is 4. The summed E-state index contributed by atoms with van der Waals surface area (Å²) in [6, 6.07) is 7.40. The van der Waals surface area contributed by atoms with Crippen molar-refractivity contribution in [3.63, 3.8) is 0 Å². The number of rotatable bonds is 1. The first kappa shape index (κ1) is 9.39. The molecule has 0 saturated heterocycles. The fourth-order valence-corrected chi connectivity index (χ4v) is 0.956. The molecule has 0 heterocycles. The Labute approximate surface area is 73.0 Å². The van der Waals surface area contributed by atoms with Crippen molar-refractivity contribution in [3.05, 3.63) is 35.9 Å². The molecule has 66 valence electrons. The van der Waals surface area contributed by atoms with E-state index in [-0.39, 0.29) is 5.56 Å². The Balaban J connectivity index is 2.86. The van der Waals surface area contributed by atoms with Crippen LogP contribution in [0.15, 0.2) is 30.3 Å². The van der Waals surface area contributed by atoms with Crippen molar-refractivity contribution in [3.8, 4) is 0 Å². The summed E-state index contributed by atoms with van der Waals surface area (Å²) in [6.07, 6.45) is -4.37. The van der Waals surface area contributed by atoms with E-state index in [4.69, 9.17) is 11.6 Å². The van der Waals surface area contributed by atoms with Gasteiger partial charge < -0.3 is 0 Å². The Morgan fingerprint density at radius 2 is 1.58 bits per heavy atom. The van der Waals surface area contributed by atoms with Gasteiger partial charge in [-0.2, -0.15) is 13.2 Å². The Bertz CT molecular complexity index is 242. The van der Waals surface area contributed by atoms with Crippen molar-refractivity contribution in [2.75, 3.05) is 0 Å². The zero-order valence-corrected chi connectivity index (χ0v) is 6.73. The minimum absolute atomic E-state index is 0.0756. The molecule has 0 bridgehead atoms. The second-order valence-corrected chi connectivity index (χ2v) is 2.75. The predicted octanol–water partition coefficient (Wildman–Crippen LogP) is 3.53. The molecule has 12 heavy (non-hydrogen) atoms. The second-order valence-electron chi connectivity index (χ2n) is 2.31. The quantitative estimate of drug-likeness (QED) is 0.600. The minimum Gasteiger partial charge on any atom is -0.169 e. The van der Waals surface area contributed by atoms with Crippen molar-refractivity contribution in [1.29, 1.82) is 0 Å². The maximum Gasteiger partial charge on any atom is 0.408 e. The highest BCUT2D eigenvalue weighted by Crippen LogP contribution is 2.37. The summed E-state index contributed by atoms with van der Waals surface area (Å²) in [6.45, 7) is 0. The maximum atomic E-state index is 12.0. The topological polar surface area (TPSA) is 0 Å². The van der Waals surface area contributed by atoms with Crippen LogP contribution in [0.1, 0.15) is 10.9 Å². The Morgan fingerprint density at radius 1 is 1.08 bits per heavy atom. The molecule has 0 aromatic heterocycles. The number of halogens is 4. The molecule has 0 radical (unpaired) electrons. The van der Waals surface area contributed by atoms with Gasteiger partial charge >= 0.3 is 6.18 Å². The van der Waals surface area contributed by atoms with Crippen molar-refractivity contribution in [2.24, 2.45) is 0 Å². The van der Waals surface area contributed by atoms with Crippen LogP contribution in [0.4, 0.5) is 13.2 Å². The highest BCUT2D eigenvalue weighted by Gasteiger charge is 2.38. The first-order valence-electron chi connectivity index (χ1n) is 3.27. The molecule has 1 aromatic rings. The summed E-state index contributed by atoms with van der Waals surface area (Å²) in [7, 11) is 0. The van der Waals surface area contributed by atoms with Crippen LogP contribution in [-0.4, -0.2) is 6.18 Å². The summed E-state index contributed by atoms with van der Waals surface area (Å²) >= 11 is 5.16.